The van der Waals surface area contributed by atoms with Crippen molar-refractivity contribution in [3.8, 4) is 11.1 Å². The van der Waals surface area contributed by atoms with E-state index < -0.39 is 0 Å². The lowest BCUT2D eigenvalue weighted by Crippen LogP contribution is -2.14. The number of aryl methyl sites for hydroxylation is 2. The van der Waals surface area contributed by atoms with Gasteiger partial charge in [-0.3, -0.25) is 0 Å². The van der Waals surface area contributed by atoms with Crippen molar-refractivity contribution in [1.29, 1.82) is 0 Å². The zero-order valence-electron chi connectivity index (χ0n) is 18.3. The smallest absolute Gasteiger partial charge is 0.0181 e. The molecule has 2 aromatic rings. The molecule has 2 aromatic carbocycles. The number of rotatable bonds is 11. The van der Waals surface area contributed by atoms with Crippen molar-refractivity contribution in [2.24, 2.45) is 5.92 Å². The van der Waals surface area contributed by atoms with Gasteiger partial charge in [0, 0.05) is 0 Å². The molecular formula is C28H40. The highest BCUT2D eigenvalue weighted by Gasteiger charge is 2.18. The Morgan fingerprint density at radius 1 is 0.714 bits per heavy atom. The molecule has 3 rings (SSSR count). The van der Waals surface area contributed by atoms with E-state index in [9.17, 15) is 0 Å². The fourth-order valence-corrected chi connectivity index (χ4v) is 4.74. The van der Waals surface area contributed by atoms with Crippen molar-refractivity contribution in [1.82, 2.24) is 0 Å². The molecule has 152 valence electrons. The Morgan fingerprint density at radius 2 is 1.43 bits per heavy atom. The van der Waals surface area contributed by atoms with Gasteiger partial charge in [0.2, 0.25) is 0 Å². The molecule has 0 aliphatic heterocycles. The molecule has 0 nitrogen and oxygen atoms in total. The highest BCUT2D eigenvalue weighted by molar-refractivity contribution is 5.65. The first kappa shape index (κ1) is 21.2. The number of unbranched alkanes of at least 4 members (excludes halogenated alkanes) is 6. The molecule has 0 spiro atoms. The molecule has 0 aromatic heterocycles. The lowest BCUT2D eigenvalue weighted by Gasteiger charge is -2.25. The number of benzene rings is 2. The molecule has 0 fully saturated rings. The first-order valence-electron chi connectivity index (χ1n) is 12.0. The highest BCUT2D eigenvalue weighted by Crippen LogP contribution is 2.32. The Morgan fingerprint density at radius 3 is 2.21 bits per heavy atom. The van der Waals surface area contributed by atoms with Crippen LogP contribution in [0.2, 0.25) is 0 Å². The summed E-state index contributed by atoms with van der Waals surface area (Å²) in [6.45, 7) is 4.59. The van der Waals surface area contributed by atoms with Crippen LogP contribution in [0.4, 0.5) is 0 Å². The molecule has 0 heteroatoms. The van der Waals surface area contributed by atoms with Crippen LogP contribution in [-0.4, -0.2) is 0 Å². The van der Waals surface area contributed by atoms with Crippen LogP contribution < -0.4 is 0 Å². The van der Waals surface area contributed by atoms with E-state index in [4.69, 9.17) is 0 Å². The van der Waals surface area contributed by atoms with E-state index in [1.165, 1.54) is 100 Å². The van der Waals surface area contributed by atoms with E-state index in [1.54, 1.807) is 11.1 Å². The van der Waals surface area contributed by atoms with E-state index in [0.717, 1.165) is 5.92 Å². The van der Waals surface area contributed by atoms with Crippen molar-refractivity contribution in [2.75, 3.05) is 0 Å². The van der Waals surface area contributed by atoms with Gasteiger partial charge in [0.15, 0.2) is 0 Å². The summed E-state index contributed by atoms with van der Waals surface area (Å²) in [6, 6.07) is 16.6. The molecule has 1 aliphatic carbocycles. The van der Waals surface area contributed by atoms with Gasteiger partial charge in [0.05, 0.1) is 0 Å². The zero-order valence-corrected chi connectivity index (χ0v) is 18.3. The van der Waals surface area contributed by atoms with E-state index in [0.29, 0.717) is 0 Å². The molecule has 0 radical (unpaired) electrons. The van der Waals surface area contributed by atoms with Crippen molar-refractivity contribution in [2.45, 2.75) is 97.3 Å². The average Bonchev–Trinajstić information content (AvgIpc) is 2.74. The molecular weight excluding hydrogens is 336 g/mol. The second kappa shape index (κ2) is 11.4. The third kappa shape index (κ3) is 6.23. The van der Waals surface area contributed by atoms with Crippen molar-refractivity contribution in [3.63, 3.8) is 0 Å². The van der Waals surface area contributed by atoms with Gasteiger partial charge >= 0.3 is 0 Å². The quantitative estimate of drug-likeness (QED) is 0.345. The second-order valence-corrected chi connectivity index (χ2v) is 8.95. The van der Waals surface area contributed by atoms with Crippen LogP contribution in [0.3, 0.4) is 0 Å². The van der Waals surface area contributed by atoms with E-state index in [2.05, 4.69) is 56.3 Å². The molecule has 0 saturated heterocycles. The summed E-state index contributed by atoms with van der Waals surface area (Å²) < 4.78 is 0. The molecule has 0 saturated carbocycles. The van der Waals surface area contributed by atoms with Gasteiger partial charge in [0.1, 0.15) is 0 Å². The van der Waals surface area contributed by atoms with E-state index in [-0.39, 0.29) is 0 Å². The minimum Gasteiger partial charge on any atom is -0.0654 e. The monoisotopic (exact) mass is 376 g/mol. The normalized spacial score (nSPS) is 16.1. The number of fused-ring (bicyclic) bond motifs is 1. The summed E-state index contributed by atoms with van der Waals surface area (Å²) in [4.78, 5) is 0. The predicted molar refractivity (Wildman–Crippen MR) is 124 cm³/mol. The highest BCUT2D eigenvalue weighted by atomic mass is 14.2. The average molecular weight is 377 g/mol. The summed E-state index contributed by atoms with van der Waals surface area (Å²) in [5.41, 5.74) is 7.48. The van der Waals surface area contributed by atoms with Gasteiger partial charge in [-0.15, -0.1) is 0 Å². The molecule has 0 bridgehead atoms. The van der Waals surface area contributed by atoms with E-state index in [1.807, 2.05) is 0 Å². The van der Waals surface area contributed by atoms with Gasteiger partial charge in [0.25, 0.3) is 0 Å². The lowest BCUT2D eigenvalue weighted by atomic mass is 9.80. The molecule has 0 N–H and O–H groups in total. The van der Waals surface area contributed by atoms with Crippen LogP contribution in [0.25, 0.3) is 11.1 Å². The molecule has 0 amide bonds. The third-order valence-corrected chi connectivity index (χ3v) is 6.61. The fraction of sp³-hybridized carbons (Fsp3) is 0.571. The van der Waals surface area contributed by atoms with Crippen LogP contribution in [0.1, 0.15) is 94.7 Å². The first-order chi connectivity index (χ1) is 13.8. The lowest BCUT2D eigenvalue weighted by molar-refractivity contribution is 0.408. The van der Waals surface area contributed by atoms with Crippen LogP contribution in [-0.2, 0) is 19.3 Å². The van der Waals surface area contributed by atoms with Gasteiger partial charge in [-0.1, -0.05) is 108 Å². The summed E-state index contributed by atoms with van der Waals surface area (Å²) >= 11 is 0. The maximum atomic E-state index is 2.47. The Labute approximate surface area is 173 Å². The Balaban J connectivity index is 1.55. The maximum absolute atomic E-state index is 2.47. The molecule has 1 atom stereocenters. The number of hydrogen-bond acceptors (Lipinski definition) is 0. The largest absolute Gasteiger partial charge is 0.0654 e. The number of hydrogen-bond donors (Lipinski definition) is 0. The minimum atomic E-state index is 0.918. The summed E-state index contributed by atoms with van der Waals surface area (Å²) in [6.07, 6.45) is 17.6. The van der Waals surface area contributed by atoms with Crippen molar-refractivity contribution < 1.29 is 0 Å². The van der Waals surface area contributed by atoms with Gasteiger partial charge in [-0.05, 0) is 65.8 Å². The first-order valence-corrected chi connectivity index (χ1v) is 12.0. The predicted octanol–water partition coefficient (Wildman–Crippen LogP) is 8.55. The van der Waals surface area contributed by atoms with E-state index >= 15 is 0 Å². The second-order valence-electron chi connectivity index (χ2n) is 8.95. The zero-order chi connectivity index (χ0) is 19.6. The molecule has 1 unspecified atom stereocenters. The van der Waals surface area contributed by atoms with Gasteiger partial charge in [-0.2, -0.15) is 0 Å². The summed E-state index contributed by atoms with van der Waals surface area (Å²) in [5.74, 6) is 0.918. The SMILES string of the molecule is CCCCCCCc1ccc(-c2ccc3c(c2)CCC(CCCCC)C3)cc1. The molecule has 0 heterocycles. The summed E-state index contributed by atoms with van der Waals surface area (Å²) in [7, 11) is 0. The fourth-order valence-electron chi connectivity index (χ4n) is 4.74. The van der Waals surface area contributed by atoms with Crippen molar-refractivity contribution in [3.05, 3.63) is 59.2 Å². The minimum absolute atomic E-state index is 0.918. The Kier molecular flexibility index (Phi) is 8.65. The Bertz CT molecular complexity index is 694. The van der Waals surface area contributed by atoms with Crippen LogP contribution in [0.5, 0.6) is 0 Å². The van der Waals surface area contributed by atoms with Gasteiger partial charge < -0.3 is 0 Å². The Hall–Kier alpha value is -1.56. The third-order valence-electron chi connectivity index (χ3n) is 6.61. The molecule has 1 aliphatic rings. The van der Waals surface area contributed by atoms with Crippen LogP contribution >= 0.6 is 0 Å². The summed E-state index contributed by atoms with van der Waals surface area (Å²) in [5, 5.41) is 0. The van der Waals surface area contributed by atoms with Crippen LogP contribution in [0.15, 0.2) is 42.5 Å². The van der Waals surface area contributed by atoms with Crippen molar-refractivity contribution >= 4 is 0 Å². The van der Waals surface area contributed by atoms with Gasteiger partial charge in [-0.25, -0.2) is 0 Å². The topological polar surface area (TPSA) is 0 Å². The molecule has 28 heavy (non-hydrogen) atoms. The standard InChI is InChI=1S/C28H40/c1-3-5-7-8-10-11-23-13-16-25(17-14-23)27-20-19-26-21-24(12-9-6-4-2)15-18-28(26)22-27/h13-14,16-17,19-20,22,24H,3-12,15,18,21H2,1-2H3. The maximum Gasteiger partial charge on any atom is -0.0181 e. The van der Waals surface area contributed by atoms with Crippen LogP contribution in [0, 0.1) is 5.92 Å².